The molecule has 0 rings (SSSR count). The summed E-state index contributed by atoms with van der Waals surface area (Å²) in [6.07, 6.45) is 2.54. The highest BCUT2D eigenvalue weighted by molar-refractivity contribution is 6.82. The summed E-state index contributed by atoms with van der Waals surface area (Å²) in [5.41, 5.74) is 0. The van der Waals surface area contributed by atoms with Crippen LogP contribution >= 0.6 is 0 Å². The van der Waals surface area contributed by atoms with Gasteiger partial charge in [-0.1, -0.05) is 19.8 Å². The first-order valence-corrected chi connectivity index (χ1v) is 11.0. The van der Waals surface area contributed by atoms with Gasteiger partial charge in [-0.05, 0) is 32.2 Å². The Hall–Kier alpha value is 0.354. The van der Waals surface area contributed by atoms with Crippen molar-refractivity contribution in [1.29, 1.82) is 0 Å². The van der Waals surface area contributed by atoms with E-state index in [4.69, 9.17) is 8.54 Å². The molecule has 0 unspecified atom stereocenters. The molecule has 0 aromatic rings. The second-order valence-electron chi connectivity index (χ2n) is 4.57. The summed E-state index contributed by atoms with van der Waals surface area (Å²) in [4.78, 5) is 0. The maximum absolute atomic E-state index is 6.13. The summed E-state index contributed by atoms with van der Waals surface area (Å²) in [5, 5.41) is 0. The topological polar surface area (TPSA) is 18.5 Å². The molecule has 0 bridgehead atoms. The van der Waals surface area contributed by atoms with Gasteiger partial charge in [0, 0.05) is 7.11 Å². The lowest BCUT2D eigenvalue weighted by Gasteiger charge is -2.32. The van der Waals surface area contributed by atoms with E-state index in [9.17, 15) is 0 Å². The van der Waals surface area contributed by atoms with E-state index in [1.54, 1.807) is 7.11 Å². The van der Waals surface area contributed by atoms with Crippen molar-refractivity contribution < 1.29 is 8.54 Å². The fraction of sp³-hybridized carbons (Fsp3) is 1.00. The Labute approximate surface area is 85.0 Å². The van der Waals surface area contributed by atoms with Crippen LogP contribution in [0.1, 0.15) is 19.8 Å². The van der Waals surface area contributed by atoms with Gasteiger partial charge in [-0.3, -0.25) is 0 Å². The average molecular weight is 220 g/mol. The molecule has 0 heterocycles. The Kier molecular flexibility index (Phi) is 5.43. The van der Waals surface area contributed by atoms with Crippen molar-refractivity contribution in [2.24, 2.45) is 0 Å². The van der Waals surface area contributed by atoms with Gasteiger partial charge in [0.2, 0.25) is 0 Å². The molecule has 0 aliphatic rings. The minimum Gasteiger partial charge on any atom is -0.436 e. The summed E-state index contributed by atoms with van der Waals surface area (Å²) >= 11 is 0. The van der Waals surface area contributed by atoms with E-state index < -0.39 is 16.9 Å². The molecule has 0 saturated carbocycles. The highest BCUT2D eigenvalue weighted by Crippen LogP contribution is 2.20. The first kappa shape index (κ1) is 13.4. The first-order valence-electron chi connectivity index (χ1n) is 5.08. The summed E-state index contributed by atoms with van der Waals surface area (Å²) in [5.74, 6) is 0. The van der Waals surface area contributed by atoms with Crippen LogP contribution in [0.3, 0.4) is 0 Å². The number of hydrogen-bond acceptors (Lipinski definition) is 2. The van der Waals surface area contributed by atoms with Crippen molar-refractivity contribution in [2.45, 2.75) is 52.0 Å². The zero-order valence-corrected chi connectivity index (χ0v) is 11.9. The van der Waals surface area contributed by atoms with Crippen LogP contribution in [0.5, 0.6) is 0 Å². The van der Waals surface area contributed by atoms with Crippen molar-refractivity contribution in [1.82, 2.24) is 0 Å². The maximum Gasteiger partial charge on any atom is 0.321 e. The van der Waals surface area contributed by atoms with E-state index in [-0.39, 0.29) is 0 Å². The Bertz CT molecular complexity index is 147. The lowest BCUT2D eigenvalue weighted by molar-refractivity contribution is 0.309. The highest BCUT2D eigenvalue weighted by Gasteiger charge is 2.33. The van der Waals surface area contributed by atoms with Gasteiger partial charge in [-0.15, -0.1) is 0 Å². The Balaban J connectivity index is 4.00. The summed E-state index contributed by atoms with van der Waals surface area (Å²) in [6, 6.07) is 1.25. The highest BCUT2D eigenvalue weighted by atomic mass is 28.4. The molecule has 13 heavy (non-hydrogen) atoms. The van der Waals surface area contributed by atoms with E-state index in [0.29, 0.717) is 0 Å². The van der Waals surface area contributed by atoms with Crippen molar-refractivity contribution in [2.75, 3.05) is 7.11 Å². The van der Waals surface area contributed by atoms with Gasteiger partial charge in [0.1, 0.15) is 0 Å². The standard InChI is InChI=1S/C9H24O2Si2/c1-7-8-9-12(3,4)11-13(5,6)10-2/h7-9H2,1-6H3. The third kappa shape index (κ3) is 6.43. The molecule has 0 fully saturated rings. The molecule has 0 saturated heterocycles. The third-order valence-corrected chi connectivity index (χ3v) is 8.86. The van der Waals surface area contributed by atoms with Crippen molar-refractivity contribution in [3.05, 3.63) is 0 Å². The minimum absolute atomic E-state index is 1.25. The van der Waals surface area contributed by atoms with Gasteiger partial charge in [-0.2, -0.15) is 0 Å². The van der Waals surface area contributed by atoms with E-state index in [2.05, 4.69) is 33.1 Å². The summed E-state index contributed by atoms with van der Waals surface area (Å²) in [6.45, 7) is 11.0. The molecule has 0 aromatic heterocycles. The van der Waals surface area contributed by atoms with E-state index in [1.165, 1.54) is 18.9 Å². The van der Waals surface area contributed by atoms with Crippen LogP contribution in [-0.2, 0) is 8.54 Å². The van der Waals surface area contributed by atoms with E-state index >= 15 is 0 Å². The lowest BCUT2D eigenvalue weighted by Crippen LogP contribution is -2.45. The quantitative estimate of drug-likeness (QED) is 0.639. The van der Waals surface area contributed by atoms with Crippen LogP contribution in [0.25, 0.3) is 0 Å². The molecule has 0 aliphatic carbocycles. The molecule has 0 amide bonds. The van der Waals surface area contributed by atoms with E-state index in [1.807, 2.05) is 0 Å². The molecule has 0 spiro atoms. The molecule has 0 aromatic carbocycles. The van der Waals surface area contributed by atoms with E-state index in [0.717, 1.165) is 0 Å². The number of rotatable bonds is 6. The molecule has 2 nitrogen and oxygen atoms in total. The third-order valence-electron chi connectivity index (χ3n) is 2.15. The average Bonchev–Trinajstić information content (AvgIpc) is 1.99. The molecule has 4 heteroatoms. The van der Waals surface area contributed by atoms with Gasteiger partial charge in [-0.25, -0.2) is 0 Å². The molecule has 0 atom stereocenters. The van der Waals surface area contributed by atoms with Gasteiger partial charge in [0.25, 0.3) is 0 Å². The normalized spacial score (nSPS) is 13.4. The van der Waals surface area contributed by atoms with Crippen LogP contribution in [0.15, 0.2) is 0 Å². The lowest BCUT2D eigenvalue weighted by atomic mass is 10.4. The van der Waals surface area contributed by atoms with Crippen molar-refractivity contribution in [3.8, 4) is 0 Å². The van der Waals surface area contributed by atoms with Crippen LogP contribution < -0.4 is 0 Å². The fourth-order valence-electron chi connectivity index (χ4n) is 1.36. The Morgan fingerprint density at radius 2 is 1.62 bits per heavy atom. The Morgan fingerprint density at radius 1 is 1.08 bits per heavy atom. The Morgan fingerprint density at radius 3 is 2.00 bits per heavy atom. The van der Waals surface area contributed by atoms with Crippen molar-refractivity contribution >= 4 is 16.9 Å². The zero-order valence-electron chi connectivity index (χ0n) is 9.94. The van der Waals surface area contributed by atoms with Crippen LogP contribution in [0, 0.1) is 0 Å². The SMILES string of the molecule is CCCC[Si](C)(C)O[Si](C)(C)OC. The summed E-state index contributed by atoms with van der Waals surface area (Å²) in [7, 11) is -1.48. The van der Waals surface area contributed by atoms with Gasteiger partial charge in [0.15, 0.2) is 8.32 Å². The molecule has 0 radical (unpaired) electrons. The molecule has 0 aliphatic heterocycles. The monoisotopic (exact) mass is 220 g/mol. The van der Waals surface area contributed by atoms with Crippen LogP contribution in [0.4, 0.5) is 0 Å². The minimum atomic E-state index is -1.80. The molecule has 0 N–H and O–H groups in total. The molecular weight excluding hydrogens is 196 g/mol. The van der Waals surface area contributed by atoms with Crippen LogP contribution in [-0.4, -0.2) is 24.0 Å². The number of hydrogen-bond donors (Lipinski definition) is 0. The largest absolute Gasteiger partial charge is 0.436 e. The molecular formula is C9H24O2Si2. The second-order valence-corrected chi connectivity index (χ2v) is 12.6. The number of unbranched alkanes of at least 4 members (excludes halogenated alkanes) is 1. The van der Waals surface area contributed by atoms with Gasteiger partial charge in [0.05, 0.1) is 0 Å². The maximum atomic E-state index is 6.13. The first-order chi connectivity index (χ1) is 5.83. The second kappa shape index (κ2) is 5.29. The van der Waals surface area contributed by atoms with Gasteiger partial charge < -0.3 is 8.54 Å². The molecule has 80 valence electrons. The predicted octanol–water partition coefficient (Wildman–Crippen LogP) is 3.36. The zero-order chi connectivity index (χ0) is 10.5. The summed E-state index contributed by atoms with van der Waals surface area (Å²) < 4.78 is 11.5. The van der Waals surface area contributed by atoms with Crippen LogP contribution in [0.2, 0.25) is 32.2 Å². The van der Waals surface area contributed by atoms with Crippen molar-refractivity contribution in [3.63, 3.8) is 0 Å². The van der Waals surface area contributed by atoms with Gasteiger partial charge >= 0.3 is 8.56 Å². The predicted molar refractivity (Wildman–Crippen MR) is 62.8 cm³/mol. The smallest absolute Gasteiger partial charge is 0.321 e. The fourth-order valence-corrected chi connectivity index (χ4v) is 8.63.